The summed E-state index contributed by atoms with van der Waals surface area (Å²) in [7, 11) is 0. The number of halogens is 1. The number of thiazole rings is 1. The minimum absolute atomic E-state index is 0.0710. The summed E-state index contributed by atoms with van der Waals surface area (Å²) in [6.07, 6.45) is 0. The van der Waals surface area contributed by atoms with Crippen molar-refractivity contribution in [2.45, 2.75) is 26.3 Å². The van der Waals surface area contributed by atoms with Crippen LogP contribution in [0.25, 0.3) is 11.3 Å². The van der Waals surface area contributed by atoms with Crippen molar-refractivity contribution in [1.29, 1.82) is 0 Å². The lowest BCUT2D eigenvalue weighted by molar-refractivity contribution is 0.275. The van der Waals surface area contributed by atoms with Gasteiger partial charge in [0.1, 0.15) is 0 Å². The lowest BCUT2D eigenvalue weighted by Crippen LogP contribution is -2.17. The molecule has 0 atom stereocenters. The average molecular weight is 373 g/mol. The summed E-state index contributed by atoms with van der Waals surface area (Å²) >= 11 is 7.51. The second-order valence-electron chi connectivity index (χ2n) is 6.14. The quantitative estimate of drug-likeness (QED) is 0.655. The third-order valence-corrected chi connectivity index (χ3v) is 5.16. The molecule has 0 aliphatic carbocycles. The first-order valence-electron chi connectivity index (χ1n) is 8.28. The van der Waals surface area contributed by atoms with E-state index in [2.05, 4.69) is 48.1 Å². The van der Waals surface area contributed by atoms with E-state index in [1.165, 1.54) is 5.56 Å². The summed E-state index contributed by atoms with van der Waals surface area (Å²) in [5, 5.41) is 12.3. The fourth-order valence-electron chi connectivity index (χ4n) is 2.63. The smallest absolute Gasteiger partial charge is 0.190 e. The Morgan fingerprint density at radius 2 is 1.76 bits per heavy atom. The summed E-state index contributed by atoms with van der Waals surface area (Å²) in [5.74, 6) is 0.511. The van der Waals surface area contributed by atoms with E-state index in [1.807, 2.05) is 24.3 Å². The molecule has 0 spiro atoms. The highest BCUT2D eigenvalue weighted by molar-refractivity contribution is 7.07. The third-order valence-electron chi connectivity index (χ3n) is 4.05. The van der Waals surface area contributed by atoms with Crippen molar-refractivity contribution < 1.29 is 5.11 Å². The Morgan fingerprint density at radius 3 is 2.36 bits per heavy atom. The van der Waals surface area contributed by atoms with Crippen LogP contribution in [0.1, 0.15) is 25.3 Å². The van der Waals surface area contributed by atoms with E-state index < -0.39 is 0 Å². The zero-order valence-corrected chi connectivity index (χ0v) is 15.9. The van der Waals surface area contributed by atoms with Crippen molar-refractivity contribution in [1.82, 2.24) is 4.57 Å². The van der Waals surface area contributed by atoms with Crippen LogP contribution in [0.2, 0.25) is 5.02 Å². The van der Waals surface area contributed by atoms with Crippen molar-refractivity contribution in [3.05, 3.63) is 69.3 Å². The molecule has 3 rings (SSSR count). The Hall–Kier alpha value is -1.88. The highest BCUT2D eigenvalue weighted by Crippen LogP contribution is 2.24. The number of aliphatic hydroxyl groups excluding tert-OH is 1. The predicted molar refractivity (Wildman–Crippen MR) is 106 cm³/mol. The van der Waals surface area contributed by atoms with Crippen LogP contribution in [0.5, 0.6) is 0 Å². The molecule has 0 fully saturated rings. The summed E-state index contributed by atoms with van der Waals surface area (Å²) in [6, 6.07) is 16.0. The molecule has 5 heteroatoms. The van der Waals surface area contributed by atoms with Crippen LogP contribution >= 0.6 is 22.9 Å². The van der Waals surface area contributed by atoms with Gasteiger partial charge in [0.15, 0.2) is 4.80 Å². The highest BCUT2D eigenvalue weighted by Gasteiger charge is 2.09. The van der Waals surface area contributed by atoms with Gasteiger partial charge in [0.2, 0.25) is 0 Å². The molecule has 2 aromatic carbocycles. The van der Waals surface area contributed by atoms with E-state index in [-0.39, 0.29) is 6.61 Å². The molecule has 1 heterocycles. The molecule has 0 amide bonds. The monoisotopic (exact) mass is 372 g/mol. The lowest BCUT2D eigenvalue weighted by Gasteiger charge is -2.10. The van der Waals surface area contributed by atoms with Crippen LogP contribution in [0.3, 0.4) is 0 Å². The summed E-state index contributed by atoms with van der Waals surface area (Å²) in [6.45, 7) is 4.96. The molecule has 1 N–H and O–H groups in total. The van der Waals surface area contributed by atoms with E-state index in [1.54, 1.807) is 11.3 Å². The van der Waals surface area contributed by atoms with Gasteiger partial charge in [-0.2, -0.15) is 0 Å². The predicted octanol–water partition coefficient (Wildman–Crippen LogP) is 5.22. The topological polar surface area (TPSA) is 37.5 Å². The Labute approximate surface area is 156 Å². The molecule has 0 radical (unpaired) electrons. The molecule has 1 aromatic heterocycles. The molecule has 3 nitrogen and oxygen atoms in total. The number of aliphatic hydroxyl groups is 1. The Kier molecular flexibility index (Phi) is 5.74. The number of rotatable bonds is 5. The fraction of sp³-hybridized carbons (Fsp3) is 0.250. The van der Waals surface area contributed by atoms with E-state index >= 15 is 0 Å². The molecule has 0 saturated heterocycles. The Morgan fingerprint density at radius 1 is 1.08 bits per heavy atom. The Bertz CT molecular complexity index is 893. The third kappa shape index (κ3) is 4.21. The first kappa shape index (κ1) is 17.9. The Balaban J connectivity index is 2.03. The van der Waals surface area contributed by atoms with E-state index in [4.69, 9.17) is 16.6 Å². The van der Waals surface area contributed by atoms with Crippen LogP contribution in [-0.2, 0) is 6.54 Å². The minimum Gasteiger partial charge on any atom is -0.395 e. The van der Waals surface area contributed by atoms with Gasteiger partial charge in [0, 0.05) is 16.9 Å². The first-order valence-corrected chi connectivity index (χ1v) is 9.54. The van der Waals surface area contributed by atoms with Crippen LogP contribution in [0, 0.1) is 0 Å². The fourth-order valence-corrected chi connectivity index (χ4v) is 3.71. The summed E-state index contributed by atoms with van der Waals surface area (Å²) < 4.78 is 2.06. The molecular formula is C20H21ClN2OS. The molecule has 0 aliphatic rings. The van der Waals surface area contributed by atoms with Gasteiger partial charge in [-0.25, -0.2) is 4.99 Å². The van der Waals surface area contributed by atoms with Crippen molar-refractivity contribution in [2.24, 2.45) is 4.99 Å². The van der Waals surface area contributed by atoms with Gasteiger partial charge in [-0.1, -0.05) is 49.7 Å². The second kappa shape index (κ2) is 8.00. The van der Waals surface area contributed by atoms with Crippen molar-refractivity contribution >= 4 is 28.6 Å². The van der Waals surface area contributed by atoms with E-state index in [0.29, 0.717) is 17.5 Å². The maximum Gasteiger partial charge on any atom is 0.190 e. The number of nitrogens with zero attached hydrogens (tertiary/aromatic N) is 2. The van der Waals surface area contributed by atoms with Gasteiger partial charge < -0.3 is 9.67 Å². The van der Waals surface area contributed by atoms with Gasteiger partial charge in [-0.15, -0.1) is 11.3 Å². The molecule has 0 unspecified atom stereocenters. The zero-order valence-electron chi connectivity index (χ0n) is 14.3. The van der Waals surface area contributed by atoms with Crippen molar-refractivity contribution in [3.8, 4) is 11.3 Å². The second-order valence-corrected chi connectivity index (χ2v) is 7.42. The SMILES string of the molecule is CC(C)c1ccc(-c2csc(=Nc3ccc(Cl)cc3)n2CCO)cc1. The standard InChI is InChI=1S/C20H21ClN2OS/c1-14(2)15-3-5-16(6-4-15)19-13-25-20(23(19)11-12-24)22-18-9-7-17(21)8-10-18/h3-10,13-14,24H,11-12H2,1-2H3. The number of benzene rings is 2. The summed E-state index contributed by atoms with van der Waals surface area (Å²) in [5.41, 5.74) is 4.37. The molecule has 130 valence electrons. The van der Waals surface area contributed by atoms with Crippen LogP contribution < -0.4 is 4.80 Å². The van der Waals surface area contributed by atoms with Gasteiger partial charge >= 0.3 is 0 Å². The van der Waals surface area contributed by atoms with E-state index in [0.717, 1.165) is 21.7 Å². The van der Waals surface area contributed by atoms with Gasteiger partial charge in [-0.05, 0) is 41.3 Å². The van der Waals surface area contributed by atoms with E-state index in [9.17, 15) is 5.11 Å². The average Bonchev–Trinajstić information content (AvgIpc) is 3.00. The summed E-state index contributed by atoms with van der Waals surface area (Å²) in [4.78, 5) is 5.56. The highest BCUT2D eigenvalue weighted by atomic mass is 35.5. The molecule has 0 bridgehead atoms. The number of hydrogen-bond donors (Lipinski definition) is 1. The molecular weight excluding hydrogens is 352 g/mol. The first-order chi connectivity index (χ1) is 12.1. The molecule has 0 saturated carbocycles. The van der Waals surface area contributed by atoms with Gasteiger partial charge in [0.25, 0.3) is 0 Å². The van der Waals surface area contributed by atoms with Crippen molar-refractivity contribution in [2.75, 3.05) is 6.61 Å². The normalized spacial score (nSPS) is 12.1. The zero-order chi connectivity index (χ0) is 17.8. The molecule has 0 aliphatic heterocycles. The largest absolute Gasteiger partial charge is 0.395 e. The molecule has 3 aromatic rings. The maximum absolute atomic E-state index is 9.48. The number of hydrogen-bond acceptors (Lipinski definition) is 3. The molecule has 25 heavy (non-hydrogen) atoms. The number of aromatic nitrogens is 1. The maximum atomic E-state index is 9.48. The minimum atomic E-state index is 0.0710. The van der Waals surface area contributed by atoms with Crippen LogP contribution in [0.15, 0.2) is 58.9 Å². The lowest BCUT2D eigenvalue weighted by atomic mass is 10.0. The van der Waals surface area contributed by atoms with Gasteiger partial charge in [-0.3, -0.25) is 0 Å². The van der Waals surface area contributed by atoms with Crippen LogP contribution in [0.4, 0.5) is 5.69 Å². The van der Waals surface area contributed by atoms with Gasteiger partial charge in [0.05, 0.1) is 18.0 Å². The van der Waals surface area contributed by atoms with Crippen LogP contribution in [-0.4, -0.2) is 16.3 Å². The van der Waals surface area contributed by atoms with Crippen molar-refractivity contribution in [3.63, 3.8) is 0 Å².